The van der Waals surface area contributed by atoms with E-state index in [2.05, 4.69) is 5.32 Å². The molecule has 9 heteroatoms. The lowest BCUT2D eigenvalue weighted by Gasteiger charge is -2.34. The van der Waals surface area contributed by atoms with Gasteiger partial charge in [-0.05, 0) is 61.2 Å². The van der Waals surface area contributed by atoms with Gasteiger partial charge in [0.25, 0.3) is 0 Å². The number of carbonyl (C=O) groups is 2. The first kappa shape index (κ1) is 34.2. The fraction of sp³-hybridized carbons (Fsp3) is 0.297. The van der Waals surface area contributed by atoms with Crippen molar-refractivity contribution in [3.8, 4) is 5.75 Å². The van der Waals surface area contributed by atoms with Crippen molar-refractivity contribution >= 4 is 27.5 Å². The van der Waals surface area contributed by atoms with Crippen LogP contribution in [-0.2, 0) is 39.2 Å². The van der Waals surface area contributed by atoms with E-state index in [4.69, 9.17) is 4.74 Å². The molecule has 0 spiro atoms. The first-order valence-electron chi connectivity index (χ1n) is 15.5. The Morgan fingerprint density at radius 2 is 1.43 bits per heavy atom. The minimum absolute atomic E-state index is 0.100. The van der Waals surface area contributed by atoms with Crippen molar-refractivity contribution in [3.05, 3.63) is 131 Å². The Morgan fingerprint density at radius 1 is 0.826 bits per heavy atom. The summed E-state index contributed by atoms with van der Waals surface area (Å²) >= 11 is 0. The third-order valence-corrected chi connectivity index (χ3v) is 8.90. The number of amides is 2. The number of benzene rings is 4. The highest BCUT2D eigenvalue weighted by Crippen LogP contribution is 2.24. The van der Waals surface area contributed by atoms with Gasteiger partial charge in [0.2, 0.25) is 21.8 Å². The maximum atomic E-state index is 14.3. The van der Waals surface area contributed by atoms with E-state index in [0.717, 1.165) is 39.2 Å². The molecule has 0 heterocycles. The molecule has 0 unspecified atom stereocenters. The third kappa shape index (κ3) is 9.94. The summed E-state index contributed by atoms with van der Waals surface area (Å²) in [5.41, 5.74) is 4.07. The smallest absolute Gasteiger partial charge is 0.244 e. The lowest BCUT2D eigenvalue weighted by molar-refractivity contribution is -0.140. The van der Waals surface area contributed by atoms with Gasteiger partial charge in [0, 0.05) is 19.0 Å². The van der Waals surface area contributed by atoms with Gasteiger partial charge in [0.15, 0.2) is 0 Å². The number of sulfonamides is 1. The van der Waals surface area contributed by atoms with Crippen molar-refractivity contribution in [2.24, 2.45) is 0 Å². The number of aryl methyl sites for hydroxylation is 1. The van der Waals surface area contributed by atoms with Crippen LogP contribution in [0.5, 0.6) is 5.75 Å². The zero-order chi connectivity index (χ0) is 33.1. The van der Waals surface area contributed by atoms with Gasteiger partial charge in [0.05, 0.1) is 11.9 Å². The molecule has 2 amide bonds. The Labute approximate surface area is 273 Å². The average Bonchev–Trinajstić information content (AvgIpc) is 3.05. The van der Waals surface area contributed by atoms with Crippen molar-refractivity contribution in [1.82, 2.24) is 10.2 Å². The van der Waals surface area contributed by atoms with E-state index in [1.54, 1.807) is 24.3 Å². The molecular weight excluding hydrogens is 598 g/mol. The Kier molecular flexibility index (Phi) is 12.0. The fourth-order valence-corrected chi connectivity index (χ4v) is 5.92. The maximum absolute atomic E-state index is 14.3. The normalized spacial score (nSPS) is 12.5. The molecule has 8 nitrogen and oxygen atoms in total. The fourth-order valence-electron chi connectivity index (χ4n) is 5.07. The maximum Gasteiger partial charge on any atom is 0.244 e. The summed E-state index contributed by atoms with van der Waals surface area (Å²) in [4.78, 5) is 29.6. The van der Waals surface area contributed by atoms with Gasteiger partial charge in [-0.25, -0.2) is 8.42 Å². The van der Waals surface area contributed by atoms with Gasteiger partial charge in [-0.15, -0.1) is 0 Å². The zero-order valence-electron chi connectivity index (χ0n) is 26.9. The predicted octanol–water partition coefficient (Wildman–Crippen LogP) is 5.89. The molecule has 0 fully saturated rings. The van der Waals surface area contributed by atoms with Crippen LogP contribution in [-0.4, -0.2) is 50.0 Å². The van der Waals surface area contributed by atoms with Gasteiger partial charge >= 0.3 is 0 Å². The quantitative estimate of drug-likeness (QED) is 0.175. The highest BCUT2D eigenvalue weighted by Gasteiger charge is 2.33. The predicted molar refractivity (Wildman–Crippen MR) is 183 cm³/mol. The molecule has 0 radical (unpaired) electrons. The summed E-state index contributed by atoms with van der Waals surface area (Å²) in [5.74, 6) is -0.209. The number of hydrogen-bond acceptors (Lipinski definition) is 5. The van der Waals surface area contributed by atoms with E-state index in [9.17, 15) is 18.0 Å². The summed E-state index contributed by atoms with van der Waals surface area (Å²) in [6.07, 6.45) is 2.07. The molecule has 1 N–H and O–H groups in total. The van der Waals surface area contributed by atoms with E-state index in [0.29, 0.717) is 18.0 Å². The van der Waals surface area contributed by atoms with Crippen LogP contribution < -0.4 is 14.4 Å². The number of nitrogens with zero attached hydrogens (tertiary/aromatic N) is 2. The number of carbonyl (C=O) groups excluding carboxylic acids is 2. The van der Waals surface area contributed by atoms with Gasteiger partial charge in [-0.2, -0.15) is 0 Å². The second-order valence-corrected chi connectivity index (χ2v) is 13.5. The topological polar surface area (TPSA) is 96.0 Å². The van der Waals surface area contributed by atoms with Crippen LogP contribution in [0.25, 0.3) is 0 Å². The van der Waals surface area contributed by atoms with Crippen LogP contribution in [0, 0.1) is 6.92 Å². The molecule has 0 bridgehead atoms. The molecule has 0 aliphatic rings. The van der Waals surface area contributed by atoms with Gasteiger partial charge in [-0.3, -0.25) is 13.9 Å². The van der Waals surface area contributed by atoms with E-state index in [1.165, 1.54) is 4.90 Å². The molecule has 4 aromatic rings. The average molecular weight is 642 g/mol. The number of rotatable bonds is 15. The van der Waals surface area contributed by atoms with Crippen LogP contribution in [0.1, 0.15) is 42.5 Å². The van der Waals surface area contributed by atoms with Crippen molar-refractivity contribution < 1.29 is 22.7 Å². The molecule has 4 rings (SSSR count). The molecule has 2 atom stereocenters. The molecule has 4 aromatic carbocycles. The molecule has 242 valence electrons. The standard InChI is InChI=1S/C37H43N3O5S/c1-5-29(3)38-37(42)35(24-30-14-8-6-9-15-30)39(25-32-18-12-13-28(2)23-32)36(41)26-40(46(4,43)44)33-19-21-34(22-20-33)45-27-31-16-10-7-11-17-31/h6-23,29,35H,5,24-27H2,1-4H3,(H,38,42)/t29-,35-/m0/s1. The van der Waals surface area contributed by atoms with Crippen LogP contribution in [0.4, 0.5) is 5.69 Å². The minimum Gasteiger partial charge on any atom is -0.489 e. The summed E-state index contributed by atoms with van der Waals surface area (Å²) in [5, 5.41) is 3.05. The first-order chi connectivity index (χ1) is 22.0. The molecule has 0 saturated heterocycles. The van der Waals surface area contributed by atoms with Gasteiger partial charge in [-0.1, -0.05) is 97.4 Å². The number of anilines is 1. The van der Waals surface area contributed by atoms with Crippen LogP contribution >= 0.6 is 0 Å². The van der Waals surface area contributed by atoms with Crippen LogP contribution in [0.3, 0.4) is 0 Å². The lowest BCUT2D eigenvalue weighted by atomic mass is 10.0. The van der Waals surface area contributed by atoms with E-state index < -0.39 is 28.5 Å². The summed E-state index contributed by atoms with van der Waals surface area (Å²) in [7, 11) is -3.88. The second-order valence-electron chi connectivity index (χ2n) is 11.6. The first-order valence-corrected chi connectivity index (χ1v) is 17.3. The molecule has 0 aromatic heterocycles. The summed E-state index contributed by atoms with van der Waals surface area (Å²) in [6.45, 7) is 5.89. The Morgan fingerprint density at radius 3 is 2.02 bits per heavy atom. The van der Waals surface area contributed by atoms with Crippen LogP contribution in [0.15, 0.2) is 109 Å². The van der Waals surface area contributed by atoms with Gasteiger partial charge < -0.3 is 15.0 Å². The largest absolute Gasteiger partial charge is 0.489 e. The Balaban J connectivity index is 1.65. The van der Waals surface area contributed by atoms with Crippen molar-refractivity contribution in [2.45, 2.75) is 58.8 Å². The molecule has 0 saturated carbocycles. The third-order valence-electron chi connectivity index (χ3n) is 7.76. The summed E-state index contributed by atoms with van der Waals surface area (Å²) in [6, 6.07) is 32.6. The monoisotopic (exact) mass is 641 g/mol. The zero-order valence-corrected chi connectivity index (χ0v) is 27.7. The molecule has 0 aliphatic heterocycles. The SMILES string of the molecule is CC[C@H](C)NC(=O)[C@H](Cc1ccccc1)N(Cc1cccc(C)c1)C(=O)CN(c1ccc(OCc2ccccc2)cc1)S(C)(=O)=O. The van der Waals surface area contributed by atoms with E-state index in [-0.39, 0.29) is 24.9 Å². The van der Waals surface area contributed by atoms with Gasteiger partial charge in [0.1, 0.15) is 24.9 Å². The number of nitrogens with one attached hydrogen (secondary N) is 1. The highest BCUT2D eigenvalue weighted by molar-refractivity contribution is 7.92. The van der Waals surface area contributed by atoms with E-state index in [1.807, 2.05) is 106 Å². The van der Waals surface area contributed by atoms with Crippen molar-refractivity contribution in [2.75, 3.05) is 17.1 Å². The molecular formula is C37H43N3O5S. The minimum atomic E-state index is -3.88. The lowest BCUT2D eigenvalue weighted by Crippen LogP contribution is -2.54. The summed E-state index contributed by atoms with van der Waals surface area (Å²) < 4.78 is 33.2. The number of hydrogen-bond donors (Lipinski definition) is 1. The van der Waals surface area contributed by atoms with Crippen molar-refractivity contribution in [3.63, 3.8) is 0 Å². The second kappa shape index (κ2) is 16.1. The Hall–Kier alpha value is -4.63. The molecule has 0 aliphatic carbocycles. The van der Waals surface area contributed by atoms with Crippen LogP contribution in [0.2, 0.25) is 0 Å². The highest BCUT2D eigenvalue weighted by atomic mass is 32.2. The van der Waals surface area contributed by atoms with Crippen molar-refractivity contribution in [1.29, 1.82) is 0 Å². The Bertz CT molecular complexity index is 1680. The number of ether oxygens (including phenoxy) is 1. The molecule has 46 heavy (non-hydrogen) atoms. The van der Waals surface area contributed by atoms with E-state index >= 15 is 0 Å².